The van der Waals surface area contributed by atoms with Gasteiger partial charge < -0.3 is 10.6 Å². The topological polar surface area (TPSA) is 54.0 Å². The summed E-state index contributed by atoms with van der Waals surface area (Å²) in [6.07, 6.45) is 3.28. The molecular weight excluding hydrogens is 306 g/mol. The summed E-state index contributed by atoms with van der Waals surface area (Å²) in [5.74, 6) is -0.144. The molecule has 0 bridgehead atoms. The standard InChI is InChI=1S/C14H14BrN3O/c1-2-17-11-5-3-10(4-6-11)14(19)18-13-7-8-16-9-12(13)15/h3-9,17H,2H2,1H3,(H,16,18,19). The van der Waals surface area contributed by atoms with Crippen molar-refractivity contribution < 1.29 is 4.79 Å². The zero-order valence-corrected chi connectivity index (χ0v) is 12.1. The van der Waals surface area contributed by atoms with Gasteiger partial charge >= 0.3 is 0 Å². The molecule has 4 nitrogen and oxygen atoms in total. The molecule has 1 heterocycles. The van der Waals surface area contributed by atoms with E-state index in [4.69, 9.17) is 0 Å². The second kappa shape index (κ2) is 6.33. The fourth-order valence-corrected chi connectivity index (χ4v) is 1.96. The molecule has 1 aromatic heterocycles. The molecule has 5 heteroatoms. The second-order valence-corrected chi connectivity index (χ2v) is 4.77. The molecule has 0 aliphatic rings. The molecule has 2 N–H and O–H groups in total. The summed E-state index contributed by atoms with van der Waals surface area (Å²) < 4.78 is 0.757. The Labute approximate surface area is 120 Å². The van der Waals surface area contributed by atoms with Gasteiger partial charge in [-0.05, 0) is 53.2 Å². The average Bonchev–Trinajstić information content (AvgIpc) is 2.42. The summed E-state index contributed by atoms with van der Waals surface area (Å²) >= 11 is 3.34. The minimum Gasteiger partial charge on any atom is -0.385 e. The molecule has 0 aliphatic carbocycles. The fourth-order valence-electron chi connectivity index (χ4n) is 1.61. The van der Waals surface area contributed by atoms with E-state index in [1.807, 2.05) is 19.1 Å². The molecule has 2 rings (SSSR count). The highest BCUT2D eigenvalue weighted by molar-refractivity contribution is 9.10. The van der Waals surface area contributed by atoms with E-state index >= 15 is 0 Å². The molecule has 98 valence electrons. The molecule has 0 unspecified atom stereocenters. The number of amides is 1. The SMILES string of the molecule is CCNc1ccc(C(=O)Nc2ccncc2Br)cc1. The maximum Gasteiger partial charge on any atom is 0.255 e. The highest BCUT2D eigenvalue weighted by Gasteiger charge is 2.07. The summed E-state index contributed by atoms with van der Waals surface area (Å²) in [4.78, 5) is 16.0. The van der Waals surface area contributed by atoms with E-state index in [0.717, 1.165) is 16.7 Å². The monoisotopic (exact) mass is 319 g/mol. The lowest BCUT2D eigenvalue weighted by Crippen LogP contribution is -2.12. The first-order valence-electron chi connectivity index (χ1n) is 5.95. The predicted molar refractivity (Wildman–Crippen MR) is 80.5 cm³/mol. The van der Waals surface area contributed by atoms with Crippen LogP contribution in [0.25, 0.3) is 0 Å². The van der Waals surface area contributed by atoms with Crippen molar-refractivity contribution in [1.29, 1.82) is 0 Å². The van der Waals surface area contributed by atoms with Crippen molar-refractivity contribution in [2.45, 2.75) is 6.92 Å². The Bertz CT molecular complexity index is 569. The van der Waals surface area contributed by atoms with Crippen LogP contribution in [0.2, 0.25) is 0 Å². The number of anilines is 2. The van der Waals surface area contributed by atoms with Gasteiger partial charge in [0.1, 0.15) is 0 Å². The van der Waals surface area contributed by atoms with Crippen molar-refractivity contribution in [2.24, 2.45) is 0 Å². The first kappa shape index (κ1) is 13.5. The van der Waals surface area contributed by atoms with Crippen molar-refractivity contribution >= 4 is 33.2 Å². The number of carbonyl (C=O) groups is 1. The quantitative estimate of drug-likeness (QED) is 0.906. The molecule has 0 saturated carbocycles. The number of aromatic nitrogens is 1. The van der Waals surface area contributed by atoms with Gasteiger partial charge in [-0.3, -0.25) is 9.78 Å². The van der Waals surface area contributed by atoms with Gasteiger partial charge in [0.15, 0.2) is 0 Å². The number of hydrogen-bond donors (Lipinski definition) is 2. The molecule has 0 aliphatic heterocycles. The van der Waals surface area contributed by atoms with Crippen molar-refractivity contribution in [2.75, 3.05) is 17.2 Å². The van der Waals surface area contributed by atoms with E-state index in [0.29, 0.717) is 11.3 Å². The Kier molecular flexibility index (Phi) is 4.52. The Balaban J connectivity index is 2.10. The van der Waals surface area contributed by atoms with Gasteiger partial charge in [-0.15, -0.1) is 0 Å². The molecule has 0 radical (unpaired) electrons. The number of hydrogen-bond acceptors (Lipinski definition) is 3. The number of benzene rings is 1. The molecule has 1 aromatic carbocycles. The third-order valence-corrected chi connectivity index (χ3v) is 3.18. The van der Waals surface area contributed by atoms with Gasteiger partial charge in [-0.2, -0.15) is 0 Å². The summed E-state index contributed by atoms with van der Waals surface area (Å²) in [6.45, 7) is 2.89. The zero-order valence-electron chi connectivity index (χ0n) is 10.5. The van der Waals surface area contributed by atoms with Crippen LogP contribution in [0, 0.1) is 0 Å². The van der Waals surface area contributed by atoms with Gasteiger partial charge in [0.05, 0.1) is 10.2 Å². The number of nitrogens with zero attached hydrogens (tertiary/aromatic N) is 1. The zero-order chi connectivity index (χ0) is 13.7. The highest BCUT2D eigenvalue weighted by Crippen LogP contribution is 2.21. The number of halogens is 1. The lowest BCUT2D eigenvalue weighted by molar-refractivity contribution is 0.102. The normalized spacial score (nSPS) is 10.0. The van der Waals surface area contributed by atoms with Gasteiger partial charge in [0, 0.05) is 30.2 Å². The van der Waals surface area contributed by atoms with Crippen LogP contribution in [0.1, 0.15) is 17.3 Å². The summed E-state index contributed by atoms with van der Waals surface area (Å²) in [5.41, 5.74) is 2.32. The molecule has 19 heavy (non-hydrogen) atoms. The smallest absolute Gasteiger partial charge is 0.255 e. The van der Waals surface area contributed by atoms with E-state index in [9.17, 15) is 4.79 Å². The van der Waals surface area contributed by atoms with Crippen LogP contribution >= 0.6 is 15.9 Å². The van der Waals surface area contributed by atoms with Crippen molar-refractivity contribution in [3.05, 3.63) is 52.8 Å². The van der Waals surface area contributed by atoms with E-state index in [1.54, 1.807) is 30.6 Å². The molecule has 2 aromatic rings. The van der Waals surface area contributed by atoms with Crippen molar-refractivity contribution in [1.82, 2.24) is 4.98 Å². The Morgan fingerprint density at radius 1 is 1.26 bits per heavy atom. The summed E-state index contributed by atoms with van der Waals surface area (Å²) in [5, 5.41) is 6.02. The minimum absolute atomic E-state index is 0.144. The maximum absolute atomic E-state index is 12.1. The van der Waals surface area contributed by atoms with E-state index in [1.165, 1.54) is 0 Å². The van der Waals surface area contributed by atoms with E-state index < -0.39 is 0 Å². The maximum atomic E-state index is 12.1. The summed E-state index contributed by atoms with van der Waals surface area (Å²) in [7, 11) is 0. The number of carbonyl (C=O) groups excluding carboxylic acids is 1. The van der Waals surface area contributed by atoms with E-state index in [-0.39, 0.29) is 5.91 Å². The summed E-state index contributed by atoms with van der Waals surface area (Å²) in [6, 6.07) is 9.11. The van der Waals surface area contributed by atoms with Crippen molar-refractivity contribution in [3.8, 4) is 0 Å². The Morgan fingerprint density at radius 3 is 2.63 bits per heavy atom. The second-order valence-electron chi connectivity index (χ2n) is 3.92. The van der Waals surface area contributed by atoms with Gasteiger partial charge in [-0.1, -0.05) is 0 Å². The van der Waals surface area contributed by atoms with Crippen LogP contribution in [0.4, 0.5) is 11.4 Å². The van der Waals surface area contributed by atoms with Crippen LogP contribution < -0.4 is 10.6 Å². The molecule has 0 spiro atoms. The van der Waals surface area contributed by atoms with Crippen LogP contribution in [0.5, 0.6) is 0 Å². The molecule has 1 amide bonds. The van der Waals surface area contributed by atoms with Crippen LogP contribution in [-0.2, 0) is 0 Å². The Hall–Kier alpha value is -1.88. The number of rotatable bonds is 4. The first-order valence-corrected chi connectivity index (χ1v) is 6.75. The lowest BCUT2D eigenvalue weighted by atomic mass is 10.2. The average molecular weight is 320 g/mol. The van der Waals surface area contributed by atoms with Gasteiger partial charge in [-0.25, -0.2) is 0 Å². The van der Waals surface area contributed by atoms with E-state index in [2.05, 4.69) is 31.5 Å². The fraction of sp³-hybridized carbons (Fsp3) is 0.143. The largest absolute Gasteiger partial charge is 0.385 e. The van der Waals surface area contributed by atoms with Gasteiger partial charge in [0.2, 0.25) is 0 Å². The van der Waals surface area contributed by atoms with Crippen LogP contribution in [0.15, 0.2) is 47.2 Å². The molecule has 0 fully saturated rings. The predicted octanol–water partition coefficient (Wildman–Crippen LogP) is 3.53. The van der Waals surface area contributed by atoms with Crippen molar-refractivity contribution in [3.63, 3.8) is 0 Å². The first-order chi connectivity index (χ1) is 9.20. The Morgan fingerprint density at radius 2 is 2.00 bits per heavy atom. The molecule has 0 saturated heterocycles. The van der Waals surface area contributed by atoms with Gasteiger partial charge in [0.25, 0.3) is 5.91 Å². The lowest BCUT2D eigenvalue weighted by Gasteiger charge is -2.08. The minimum atomic E-state index is -0.144. The third kappa shape index (κ3) is 3.54. The number of pyridine rings is 1. The molecule has 0 atom stereocenters. The molecular formula is C14H14BrN3O. The highest BCUT2D eigenvalue weighted by atomic mass is 79.9. The van der Waals surface area contributed by atoms with Crippen LogP contribution in [-0.4, -0.2) is 17.4 Å². The number of nitrogens with one attached hydrogen (secondary N) is 2. The van der Waals surface area contributed by atoms with Crippen LogP contribution in [0.3, 0.4) is 0 Å². The third-order valence-electron chi connectivity index (χ3n) is 2.55.